The lowest BCUT2D eigenvalue weighted by atomic mass is 9.91. The fourth-order valence-corrected chi connectivity index (χ4v) is 3.33. The van der Waals surface area contributed by atoms with Crippen molar-refractivity contribution in [1.82, 2.24) is 9.97 Å². The van der Waals surface area contributed by atoms with E-state index in [0.29, 0.717) is 30.4 Å². The van der Waals surface area contributed by atoms with E-state index in [1.807, 2.05) is 13.8 Å². The van der Waals surface area contributed by atoms with Gasteiger partial charge in [-0.05, 0) is 60.1 Å². The molecule has 132 valence electrons. The average molecular weight is 342 g/mol. The van der Waals surface area contributed by atoms with Gasteiger partial charge in [0.1, 0.15) is 0 Å². The number of carbonyl (C=O) groups is 2. The third-order valence-electron chi connectivity index (χ3n) is 4.58. The van der Waals surface area contributed by atoms with Crippen molar-refractivity contribution in [2.24, 2.45) is 0 Å². The minimum Gasteiger partial charge on any atom is -0.477 e. The minimum absolute atomic E-state index is 0.0758. The summed E-state index contributed by atoms with van der Waals surface area (Å²) in [6.45, 7) is 7.51. The van der Waals surface area contributed by atoms with Crippen LogP contribution in [-0.2, 0) is 19.3 Å². The predicted molar refractivity (Wildman–Crippen MR) is 93.4 cm³/mol. The first-order valence-electron chi connectivity index (χ1n) is 8.22. The van der Waals surface area contributed by atoms with E-state index < -0.39 is 11.9 Å². The molecular weight excluding hydrogens is 320 g/mol. The molecule has 0 spiro atoms. The molecule has 0 aliphatic carbocycles. The van der Waals surface area contributed by atoms with Gasteiger partial charge in [-0.3, -0.25) is 0 Å². The molecule has 0 aliphatic heterocycles. The van der Waals surface area contributed by atoms with Crippen LogP contribution in [0.3, 0.4) is 0 Å². The summed E-state index contributed by atoms with van der Waals surface area (Å²) in [6, 6.07) is 0. The van der Waals surface area contributed by atoms with Crippen LogP contribution in [0.4, 0.5) is 0 Å². The lowest BCUT2D eigenvalue weighted by Gasteiger charge is -2.16. The van der Waals surface area contributed by atoms with Gasteiger partial charge >= 0.3 is 11.9 Å². The summed E-state index contributed by atoms with van der Waals surface area (Å²) in [5, 5.41) is 18.5. The largest absolute Gasteiger partial charge is 0.477 e. The second kappa shape index (κ2) is 7.42. The number of aromatic nitrogens is 2. The molecule has 0 aliphatic rings. The minimum atomic E-state index is -1.03. The maximum atomic E-state index is 11.3. The molecule has 2 aromatic rings. The lowest BCUT2D eigenvalue weighted by molar-refractivity contribution is 0.0678. The summed E-state index contributed by atoms with van der Waals surface area (Å²) in [6.07, 6.45) is 5.16. The Morgan fingerprint density at radius 3 is 1.48 bits per heavy atom. The van der Waals surface area contributed by atoms with Gasteiger partial charge in [-0.1, -0.05) is 13.8 Å². The maximum Gasteiger partial charge on any atom is 0.354 e. The van der Waals surface area contributed by atoms with Crippen LogP contribution in [0.2, 0.25) is 0 Å². The van der Waals surface area contributed by atoms with E-state index in [9.17, 15) is 19.8 Å². The summed E-state index contributed by atoms with van der Waals surface area (Å²) in [4.78, 5) is 30.7. The van der Waals surface area contributed by atoms with E-state index in [4.69, 9.17) is 0 Å². The topological polar surface area (TPSA) is 100 Å². The first-order chi connectivity index (χ1) is 11.8. The van der Waals surface area contributed by atoms with Gasteiger partial charge in [0.05, 0.1) is 0 Å². The first kappa shape index (κ1) is 18.6. The highest BCUT2D eigenvalue weighted by Gasteiger charge is 2.18. The highest BCUT2D eigenvalue weighted by Crippen LogP contribution is 2.24. The van der Waals surface area contributed by atoms with Crippen molar-refractivity contribution in [3.8, 4) is 0 Å². The number of carboxylic acid groups (broad SMARTS) is 2. The van der Waals surface area contributed by atoms with Crippen LogP contribution in [0, 0.1) is 13.8 Å². The molecule has 0 bridgehead atoms. The lowest BCUT2D eigenvalue weighted by Crippen LogP contribution is -2.12. The summed E-state index contributed by atoms with van der Waals surface area (Å²) < 4.78 is 0. The van der Waals surface area contributed by atoms with Gasteiger partial charge in [-0.15, -0.1) is 0 Å². The summed E-state index contributed by atoms with van der Waals surface area (Å²) >= 11 is 0. The quantitative estimate of drug-likeness (QED) is 0.836. The van der Waals surface area contributed by atoms with Crippen LogP contribution < -0.4 is 0 Å². The third-order valence-corrected chi connectivity index (χ3v) is 4.58. The van der Waals surface area contributed by atoms with Crippen molar-refractivity contribution in [3.63, 3.8) is 0 Å². The van der Waals surface area contributed by atoms with E-state index in [1.54, 1.807) is 26.2 Å². The number of pyridine rings is 2. The van der Waals surface area contributed by atoms with E-state index in [0.717, 1.165) is 22.3 Å². The van der Waals surface area contributed by atoms with Crippen molar-refractivity contribution in [3.05, 3.63) is 57.2 Å². The van der Waals surface area contributed by atoms with Crippen LogP contribution in [0.15, 0.2) is 12.4 Å². The Bertz CT molecular complexity index is 774. The predicted octanol–water partition coefficient (Wildman–Crippen LogP) is 3.21. The number of rotatable bonds is 6. The molecule has 0 saturated carbocycles. The van der Waals surface area contributed by atoms with E-state index in [-0.39, 0.29) is 11.4 Å². The third kappa shape index (κ3) is 3.52. The fraction of sp³-hybridized carbons (Fsp3) is 0.368. The number of nitrogens with zero attached hydrogens (tertiary/aromatic N) is 2. The van der Waals surface area contributed by atoms with Gasteiger partial charge in [-0.2, -0.15) is 0 Å². The summed E-state index contributed by atoms with van der Waals surface area (Å²) in [5.74, 6) is -2.06. The zero-order chi connectivity index (χ0) is 18.7. The number of aromatic carboxylic acids is 2. The monoisotopic (exact) mass is 342 g/mol. The van der Waals surface area contributed by atoms with Crippen LogP contribution in [0.5, 0.6) is 0 Å². The Kier molecular flexibility index (Phi) is 5.51. The van der Waals surface area contributed by atoms with Crippen molar-refractivity contribution < 1.29 is 19.8 Å². The molecule has 0 amide bonds. The van der Waals surface area contributed by atoms with E-state index in [1.165, 1.54) is 0 Å². The van der Waals surface area contributed by atoms with Gasteiger partial charge < -0.3 is 10.2 Å². The van der Waals surface area contributed by atoms with Crippen LogP contribution in [0.1, 0.15) is 68.2 Å². The van der Waals surface area contributed by atoms with Crippen molar-refractivity contribution in [2.75, 3.05) is 0 Å². The van der Waals surface area contributed by atoms with Crippen LogP contribution in [-0.4, -0.2) is 32.1 Å². The molecule has 2 N–H and O–H groups in total. The molecule has 2 aromatic heterocycles. The second-order valence-corrected chi connectivity index (χ2v) is 5.97. The molecule has 6 nitrogen and oxygen atoms in total. The highest BCUT2D eigenvalue weighted by atomic mass is 16.4. The molecule has 0 fully saturated rings. The number of carboxylic acids is 2. The molecular formula is C19H22N2O4. The van der Waals surface area contributed by atoms with Crippen LogP contribution >= 0.6 is 0 Å². The van der Waals surface area contributed by atoms with E-state index in [2.05, 4.69) is 9.97 Å². The summed E-state index contributed by atoms with van der Waals surface area (Å²) in [5.41, 5.74) is 5.34. The first-order valence-corrected chi connectivity index (χ1v) is 8.22. The van der Waals surface area contributed by atoms with Gasteiger partial charge in [-0.25, -0.2) is 19.6 Å². The Hall–Kier alpha value is -2.76. The van der Waals surface area contributed by atoms with Gasteiger partial charge in [0.25, 0.3) is 0 Å². The van der Waals surface area contributed by atoms with Crippen molar-refractivity contribution in [2.45, 2.75) is 47.0 Å². The zero-order valence-electron chi connectivity index (χ0n) is 14.9. The molecule has 0 unspecified atom stereocenters. The molecule has 0 atom stereocenters. The Morgan fingerprint density at radius 1 is 0.840 bits per heavy atom. The number of hydrogen-bond acceptors (Lipinski definition) is 4. The fourth-order valence-electron chi connectivity index (χ4n) is 3.33. The highest BCUT2D eigenvalue weighted by molar-refractivity contribution is 5.88. The zero-order valence-corrected chi connectivity index (χ0v) is 14.9. The van der Waals surface area contributed by atoms with Gasteiger partial charge in [0.2, 0.25) is 0 Å². The van der Waals surface area contributed by atoms with Crippen LogP contribution in [0.25, 0.3) is 0 Å². The standard InChI is InChI=1S/C19H22N2O4/c1-5-14-10(3)16(18(22)23)20-8-12(14)7-13-9-21-17(19(24)25)11(4)15(13)6-2/h8-9H,5-7H2,1-4H3,(H,22,23)(H,24,25). The second-order valence-electron chi connectivity index (χ2n) is 5.97. The molecule has 0 saturated heterocycles. The smallest absolute Gasteiger partial charge is 0.354 e. The molecule has 0 aromatic carbocycles. The Morgan fingerprint density at radius 2 is 1.20 bits per heavy atom. The SMILES string of the molecule is CCc1c(Cc2cnc(C(=O)O)c(C)c2CC)cnc(C(=O)O)c1C. The molecule has 2 heterocycles. The molecule has 0 radical (unpaired) electrons. The van der Waals surface area contributed by atoms with Crippen molar-refractivity contribution >= 4 is 11.9 Å². The maximum absolute atomic E-state index is 11.3. The Balaban J connectivity index is 2.54. The average Bonchev–Trinajstić information content (AvgIpc) is 2.54. The molecule has 6 heteroatoms. The summed E-state index contributed by atoms with van der Waals surface area (Å²) in [7, 11) is 0. The van der Waals surface area contributed by atoms with Gasteiger partial charge in [0.15, 0.2) is 11.4 Å². The molecule has 25 heavy (non-hydrogen) atoms. The Labute approximate surface area is 146 Å². The van der Waals surface area contributed by atoms with Crippen molar-refractivity contribution in [1.29, 1.82) is 0 Å². The number of hydrogen-bond donors (Lipinski definition) is 2. The normalized spacial score (nSPS) is 10.7. The van der Waals surface area contributed by atoms with Gasteiger partial charge in [0, 0.05) is 18.8 Å². The molecule has 2 rings (SSSR count). The van der Waals surface area contributed by atoms with E-state index >= 15 is 0 Å².